The first kappa shape index (κ1) is 15.7. The molecule has 0 bridgehead atoms. The molecule has 0 saturated carbocycles. The third-order valence-electron chi connectivity index (χ3n) is 2.94. The maximum atomic E-state index is 5.37. The molecule has 0 N–H and O–H groups in total. The number of hydrogen-bond acceptors (Lipinski definition) is 3. The molecule has 108 valence electrons. The lowest BCUT2D eigenvalue weighted by Gasteiger charge is -2.47. The third-order valence-corrected chi connectivity index (χ3v) is 2.94. The molecular weight excluding hydrogens is 238 g/mol. The predicted octanol–water partition coefficient (Wildman–Crippen LogP) is 4.11. The van der Waals surface area contributed by atoms with Gasteiger partial charge in [0, 0.05) is 35.0 Å². The van der Waals surface area contributed by atoms with Crippen molar-refractivity contribution in [3.05, 3.63) is 18.2 Å². The summed E-state index contributed by atoms with van der Waals surface area (Å²) in [6.45, 7) is 13.3. The van der Waals surface area contributed by atoms with E-state index < -0.39 is 0 Å². The molecule has 0 fully saturated rings. The molecule has 0 aliphatic heterocycles. The van der Waals surface area contributed by atoms with E-state index >= 15 is 0 Å². The van der Waals surface area contributed by atoms with Crippen molar-refractivity contribution in [2.45, 2.75) is 52.6 Å². The fraction of sp³-hybridized carbons (Fsp3) is 0.625. The van der Waals surface area contributed by atoms with Gasteiger partial charge in [-0.1, -0.05) is 0 Å². The van der Waals surface area contributed by atoms with E-state index in [0.29, 0.717) is 0 Å². The van der Waals surface area contributed by atoms with Crippen molar-refractivity contribution in [3.8, 4) is 11.5 Å². The van der Waals surface area contributed by atoms with Crippen LogP contribution in [-0.4, -0.2) is 25.3 Å². The highest BCUT2D eigenvalue weighted by atomic mass is 16.5. The van der Waals surface area contributed by atoms with Crippen LogP contribution in [0.25, 0.3) is 0 Å². The van der Waals surface area contributed by atoms with Gasteiger partial charge in [0.2, 0.25) is 0 Å². The number of benzene rings is 1. The number of rotatable bonds is 3. The topological polar surface area (TPSA) is 21.7 Å². The van der Waals surface area contributed by atoms with Crippen LogP contribution in [0.15, 0.2) is 18.2 Å². The van der Waals surface area contributed by atoms with E-state index in [2.05, 4.69) is 58.6 Å². The molecular formula is C16H27NO2. The van der Waals surface area contributed by atoms with E-state index in [9.17, 15) is 0 Å². The van der Waals surface area contributed by atoms with Crippen molar-refractivity contribution in [2.24, 2.45) is 0 Å². The van der Waals surface area contributed by atoms with Crippen molar-refractivity contribution < 1.29 is 9.47 Å². The Labute approximate surface area is 117 Å². The van der Waals surface area contributed by atoms with Crippen LogP contribution in [0.4, 0.5) is 5.69 Å². The Morgan fingerprint density at radius 2 is 1.11 bits per heavy atom. The average molecular weight is 265 g/mol. The number of nitrogens with zero attached hydrogens (tertiary/aromatic N) is 1. The van der Waals surface area contributed by atoms with E-state index in [4.69, 9.17) is 9.47 Å². The minimum absolute atomic E-state index is 0.00955. The average Bonchev–Trinajstić information content (AvgIpc) is 2.24. The van der Waals surface area contributed by atoms with Crippen LogP contribution in [0.5, 0.6) is 11.5 Å². The minimum Gasteiger partial charge on any atom is -0.497 e. The van der Waals surface area contributed by atoms with Crippen molar-refractivity contribution >= 4 is 5.69 Å². The Kier molecular flexibility index (Phi) is 4.39. The summed E-state index contributed by atoms with van der Waals surface area (Å²) in [6, 6.07) is 6.00. The van der Waals surface area contributed by atoms with Gasteiger partial charge in [-0.15, -0.1) is 0 Å². The Balaban J connectivity index is 3.38. The van der Waals surface area contributed by atoms with Gasteiger partial charge in [0.25, 0.3) is 0 Å². The van der Waals surface area contributed by atoms with Crippen LogP contribution in [0, 0.1) is 0 Å². The first-order valence-electron chi connectivity index (χ1n) is 6.63. The Hall–Kier alpha value is -1.38. The van der Waals surface area contributed by atoms with Crippen LogP contribution in [0.1, 0.15) is 41.5 Å². The molecule has 0 aromatic heterocycles. The number of hydrogen-bond donors (Lipinski definition) is 0. The first-order chi connectivity index (χ1) is 8.59. The predicted molar refractivity (Wildman–Crippen MR) is 81.5 cm³/mol. The molecule has 3 heteroatoms. The summed E-state index contributed by atoms with van der Waals surface area (Å²) in [5.74, 6) is 1.63. The van der Waals surface area contributed by atoms with Gasteiger partial charge in [0.1, 0.15) is 11.5 Å². The zero-order valence-electron chi connectivity index (χ0n) is 13.5. The quantitative estimate of drug-likeness (QED) is 0.821. The summed E-state index contributed by atoms with van der Waals surface area (Å²) in [4.78, 5) is 2.38. The number of methoxy groups -OCH3 is 2. The molecule has 1 rings (SSSR count). The highest BCUT2D eigenvalue weighted by Crippen LogP contribution is 2.36. The molecule has 1 aromatic rings. The molecule has 0 spiro atoms. The van der Waals surface area contributed by atoms with E-state index in [-0.39, 0.29) is 11.1 Å². The normalized spacial score (nSPS) is 12.2. The molecule has 0 radical (unpaired) electrons. The fourth-order valence-electron chi connectivity index (χ4n) is 2.70. The van der Waals surface area contributed by atoms with Gasteiger partial charge in [-0.2, -0.15) is 0 Å². The molecule has 0 amide bonds. The molecule has 0 unspecified atom stereocenters. The summed E-state index contributed by atoms with van der Waals surface area (Å²) in [6.07, 6.45) is 0. The van der Waals surface area contributed by atoms with Crippen molar-refractivity contribution in [1.29, 1.82) is 0 Å². The van der Waals surface area contributed by atoms with Crippen molar-refractivity contribution in [3.63, 3.8) is 0 Å². The number of anilines is 1. The molecule has 0 heterocycles. The Morgan fingerprint density at radius 1 is 0.737 bits per heavy atom. The minimum atomic E-state index is 0.00955. The van der Waals surface area contributed by atoms with E-state index in [1.807, 2.05) is 6.07 Å². The van der Waals surface area contributed by atoms with Crippen LogP contribution in [0.3, 0.4) is 0 Å². The van der Waals surface area contributed by atoms with Crippen molar-refractivity contribution in [1.82, 2.24) is 0 Å². The molecule has 3 nitrogen and oxygen atoms in total. The summed E-state index contributed by atoms with van der Waals surface area (Å²) in [5.41, 5.74) is 1.13. The van der Waals surface area contributed by atoms with Gasteiger partial charge in [0.15, 0.2) is 0 Å². The zero-order chi connectivity index (χ0) is 14.8. The van der Waals surface area contributed by atoms with Gasteiger partial charge >= 0.3 is 0 Å². The molecule has 1 aromatic carbocycles. The van der Waals surface area contributed by atoms with Crippen molar-refractivity contribution in [2.75, 3.05) is 19.1 Å². The first-order valence-corrected chi connectivity index (χ1v) is 6.63. The van der Waals surface area contributed by atoms with Gasteiger partial charge in [-0.3, -0.25) is 0 Å². The number of ether oxygens (including phenoxy) is 2. The summed E-state index contributed by atoms with van der Waals surface area (Å²) >= 11 is 0. The SMILES string of the molecule is COc1cc(OC)cc(N(C(C)(C)C)C(C)(C)C)c1. The second-order valence-corrected chi connectivity index (χ2v) is 6.75. The van der Waals surface area contributed by atoms with Crippen LogP contribution in [-0.2, 0) is 0 Å². The lowest BCUT2D eigenvalue weighted by Crippen LogP contribution is -2.53. The van der Waals surface area contributed by atoms with Gasteiger partial charge in [0.05, 0.1) is 14.2 Å². The smallest absolute Gasteiger partial charge is 0.124 e. The monoisotopic (exact) mass is 265 g/mol. The van der Waals surface area contributed by atoms with Crippen LogP contribution < -0.4 is 14.4 Å². The van der Waals surface area contributed by atoms with E-state index in [1.165, 1.54) is 0 Å². The highest BCUT2D eigenvalue weighted by molar-refractivity contribution is 5.58. The highest BCUT2D eigenvalue weighted by Gasteiger charge is 2.32. The molecule has 0 saturated heterocycles. The van der Waals surface area contributed by atoms with Gasteiger partial charge in [-0.25, -0.2) is 0 Å². The molecule has 0 atom stereocenters. The summed E-state index contributed by atoms with van der Waals surface area (Å²) < 4.78 is 10.7. The second kappa shape index (κ2) is 5.32. The van der Waals surface area contributed by atoms with Gasteiger partial charge < -0.3 is 14.4 Å². The maximum absolute atomic E-state index is 5.37. The summed E-state index contributed by atoms with van der Waals surface area (Å²) in [5, 5.41) is 0. The van der Waals surface area contributed by atoms with E-state index in [0.717, 1.165) is 17.2 Å². The molecule has 19 heavy (non-hydrogen) atoms. The van der Waals surface area contributed by atoms with Crippen LogP contribution in [0.2, 0.25) is 0 Å². The zero-order valence-corrected chi connectivity index (χ0v) is 13.5. The second-order valence-electron chi connectivity index (χ2n) is 6.75. The lowest BCUT2D eigenvalue weighted by atomic mass is 9.94. The summed E-state index contributed by atoms with van der Waals surface area (Å²) in [7, 11) is 3.36. The Bertz CT molecular complexity index is 391. The van der Waals surface area contributed by atoms with E-state index in [1.54, 1.807) is 14.2 Å². The fourth-order valence-corrected chi connectivity index (χ4v) is 2.70. The Morgan fingerprint density at radius 3 is 1.37 bits per heavy atom. The van der Waals surface area contributed by atoms with Gasteiger partial charge in [-0.05, 0) is 41.5 Å². The molecule has 0 aliphatic carbocycles. The maximum Gasteiger partial charge on any atom is 0.124 e. The lowest BCUT2D eigenvalue weighted by molar-refractivity contribution is 0.373. The van der Waals surface area contributed by atoms with Crippen LogP contribution >= 0.6 is 0 Å². The standard InChI is InChI=1S/C16H27NO2/c1-15(2,3)17(16(4,5)6)12-9-13(18-7)11-14(10-12)19-8/h9-11H,1-8H3. The third kappa shape index (κ3) is 3.79. The molecule has 0 aliphatic rings. The largest absolute Gasteiger partial charge is 0.497 e.